The highest BCUT2D eigenvalue weighted by Gasteiger charge is 2.32. The first-order chi connectivity index (χ1) is 8.52. The fourth-order valence-corrected chi connectivity index (χ4v) is 2.18. The molecule has 0 aromatic heterocycles. The fourth-order valence-electron chi connectivity index (χ4n) is 2.18. The molecule has 0 saturated carbocycles. The number of hydrogen-bond donors (Lipinski definition) is 0. The summed E-state index contributed by atoms with van der Waals surface area (Å²) < 4.78 is 43.5. The Morgan fingerprint density at radius 3 is 2.44 bits per heavy atom. The lowest BCUT2D eigenvalue weighted by Crippen LogP contribution is -2.19. The van der Waals surface area contributed by atoms with Gasteiger partial charge in [-0.1, -0.05) is 0 Å². The van der Waals surface area contributed by atoms with Crippen LogP contribution in [0.15, 0.2) is 18.2 Å². The van der Waals surface area contributed by atoms with Gasteiger partial charge in [0.1, 0.15) is 5.75 Å². The molecule has 2 nitrogen and oxygen atoms in total. The van der Waals surface area contributed by atoms with E-state index in [1.807, 2.05) is 11.8 Å². The van der Waals surface area contributed by atoms with Crippen LogP contribution in [0.5, 0.6) is 5.75 Å². The quantitative estimate of drug-likeness (QED) is 0.820. The van der Waals surface area contributed by atoms with Gasteiger partial charge in [0.05, 0.1) is 17.9 Å². The van der Waals surface area contributed by atoms with Crippen molar-refractivity contribution in [1.29, 1.82) is 0 Å². The van der Waals surface area contributed by atoms with E-state index in [1.165, 1.54) is 12.1 Å². The van der Waals surface area contributed by atoms with Crippen molar-refractivity contribution in [2.75, 3.05) is 24.6 Å². The summed E-state index contributed by atoms with van der Waals surface area (Å²) in [5.41, 5.74) is -0.0583. The summed E-state index contributed by atoms with van der Waals surface area (Å²) in [4.78, 5) is 1.96. The molecular weight excluding hydrogens is 243 g/mol. The smallest absolute Gasteiger partial charge is 0.416 e. The molecule has 0 N–H and O–H groups in total. The van der Waals surface area contributed by atoms with E-state index in [2.05, 4.69) is 0 Å². The Labute approximate surface area is 104 Å². The molecule has 1 heterocycles. The highest BCUT2D eigenvalue weighted by atomic mass is 19.4. The number of ether oxygens (including phenoxy) is 1. The van der Waals surface area contributed by atoms with E-state index in [9.17, 15) is 13.2 Å². The Hall–Kier alpha value is -1.39. The molecule has 0 aliphatic carbocycles. The van der Waals surface area contributed by atoms with Gasteiger partial charge in [-0.2, -0.15) is 13.2 Å². The SMILES string of the molecule is CCOc1ccc(C(F)(F)F)cc1N1CCCC1. The Balaban J connectivity index is 2.37. The topological polar surface area (TPSA) is 12.5 Å². The maximum atomic E-state index is 12.7. The van der Waals surface area contributed by atoms with E-state index >= 15 is 0 Å². The standard InChI is InChI=1S/C13H16F3NO/c1-2-18-12-6-5-10(13(14,15)16)9-11(12)17-7-3-4-8-17/h5-6,9H,2-4,7-8H2,1H3. The second-order valence-corrected chi connectivity index (χ2v) is 4.31. The van der Waals surface area contributed by atoms with Crippen LogP contribution in [-0.4, -0.2) is 19.7 Å². The molecule has 1 aromatic carbocycles. The second-order valence-electron chi connectivity index (χ2n) is 4.31. The largest absolute Gasteiger partial charge is 0.492 e. The van der Waals surface area contributed by atoms with E-state index in [0.29, 0.717) is 18.0 Å². The van der Waals surface area contributed by atoms with Crippen LogP contribution in [0, 0.1) is 0 Å². The first-order valence-electron chi connectivity index (χ1n) is 6.11. The Kier molecular flexibility index (Phi) is 3.68. The predicted octanol–water partition coefficient (Wildman–Crippen LogP) is 3.70. The molecular formula is C13H16F3NO. The first-order valence-corrected chi connectivity index (χ1v) is 6.11. The molecule has 1 fully saturated rings. The molecule has 0 atom stereocenters. The molecule has 0 unspecified atom stereocenters. The molecule has 2 rings (SSSR count). The van der Waals surface area contributed by atoms with Crippen molar-refractivity contribution in [2.45, 2.75) is 25.9 Å². The van der Waals surface area contributed by atoms with E-state index in [1.54, 1.807) is 0 Å². The minimum atomic E-state index is -4.31. The third-order valence-corrected chi connectivity index (χ3v) is 3.03. The van der Waals surface area contributed by atoms with Crippen molar-refractivity contribution in [2.24, 2.45) is 0 Å². The first kappa shape index (κ1) is 13.1. The average Bonchev–Trinajstić information content (AvgIpc) is 2.82. The number of nitrogens with zero attached hydrogens (tertiary/aromatic N) is 1. The van der Waals surface area contributed by atoms with Crippen LogP contribution < -0.4 is 9.64 Å². The number of hydrogen-bond acceptors (Lipinski definition) is 2. The van der Waals surface area contributed by atoms with Crippen LogP contribution in [0.2, 0.25) is 0 Å². The van der Waals surface area contributed by atoms with Gasteiger partial charge in [-0.3, -0.25) is 0 Å². The fraction of sp³-hybridized carbons (Fsp3) is 0.538. The van der Waals surface area contributed by atoms with Crippen molar-refractivity contribution < 1.29 is 17.9 Å². The lowest BCUT2D eigenvalue weighted by Gasteiger charge is -2.22. The Morgan fingerprint density at radius 2 is 1.89 bits per heavy atom. The lowest BCUT2D eigenvalue weighted by molar-refractivity contribution is -0.137. The number of rotatable bonds is 3. The van der Waals surface area contributed by atoms with Crippen molar-refractivity contribution in [3.8, 4) is 5.75 Å². The summed E-state index contributed by atoms with van der Waals surface area (Å²) in [7, 11) is 0. The van der Waals surface area contributed by atoms with Gasteiger partial charge in [0.2, 0.25) is 0 Å². The molecule has 0 bridgehead atoms. The molecule has 1 aromatic rings. The van der Waals surface area contributed by atoms with Gasteiger partial charge in [0, 0.05) is 13.1 Å². The van der Waals surface area contributed by atoms with Gasteiger partial charge < -0.3 is 9.64 Å². The average molecular weight is 259 g/mol. The summed E-state index contributed by atoms with van der Waals surface area (Å²) in [5, 5.41) is 0. The zero-order chi connectivity index (χ0) is 13.2. The summed E-state index contributed by atoms with van der Waals surface area (Å²) in [6, 6.07) is 3.68. The van der Waals surface area contributed by atoms with Crippen molar-refractivity contribution in [3.05, 3.63) is 23.8 Å². The molecule has 100 valence electrons. The summed E-state index contributed by atoms with van der Waals surface area (Å²) >= 11 is 0. The van der Waals surface area contributed by atoms with Crippen molar-refractivity contribution in [3.63, 3.8) is 0 Å². The van der Waals surface area contributed by atoms with Crippen LogP contribution in [0.3, 0.4) is 0 Å². The summed E-state index contributed by atoms with van der Waals surface area (Å²) in [6.45, 7) is 3.86. The van der Waals surface area contributed by atoms with Crippen LogP contribution in [0.4, 0.5) is 18.9 Å². The van der Waals surface area contributed by atoms with E-state index in [0.717, 1.165) is 32.0 Å². The number of halogens is 3. The molecule has 0 amide bonds. The molecule has 5 heteroatoms. The van der Waals surface area contributed by atoms with Gasteiger partial charge in [0.25, 0.3) is 0 Å². The van der Waals surface area contributed by atoms with Crippen LogP contribution in [0.25, 0.3) is 0 Å². The third-order valence-electron chi connectivity index (χ3n) is 3.03. The highest BCUT2D eigenvalue weighted by molar-refractivity contribution is 5.61. The molecule has 18 heavy (non-hydrogen) atoms. The van der Waals surface area contributed by atoms with E-state index in [4.69, 9.17) is 4.74 Å². The van der Waals surface area contributed by atoms with Gasteiger partial charge in [0.15, 0.2) is 0 Å². The van der Waals surface area contributed by atoms with Crippen molar-refractivity contribution in [1.82, 2.24) is 0 Å². The van der Waals surface area contributed by atoms with Gasteiger partial charge >= 0.3 is 6.18 Å². The minimum absolute atomic E-state index is 0.451. The maximum Gasteiger partial charge on any atom is 0.416 e. The monoisotopic (exact) mass is 259 g/mol. The van der Waals surface area contributed by atoms with Gasteiger partial charge in [-0.05, 0) is 38.0 Å². The number of anilines is 1. The summed E-state index contributed by atoms with van der Waals surface area (Å²) in [5.74, 6) is 0.535. The number of alkyl halides is 3. The van der Waals surface area contributed by atoms with Crippen LogP contribution in [0.1, 0.15) is 25.3 Å². The number of benzene rings is 1. The van der Waals surface area contributed by atoms with Crippen LogP contribution in [-0.2, 0) is 6.18 Å². The molecule has 0 spiro atoms. The van der Waals surface area contributed by atoms with Gasteiger partial charge in [-0.25, -0.2) is 0 Å². The molecule has 1 aliphatic heterocycles. The van der Waals surface area contributed by atoms with Crippen molar-refractivity contribution >= 4 is 5.69 Å². The maximum absolute atomic E-state index is 12.7. The van der Waals surface area contributed by atoms with E-state index in [-0.39, 0.29) is 0 Å². The third kappa shape index (κ3) is 2.71. The lowest BCUT2D eigenvalue weighted by atomic mass is 10.1. The Bertz CT molecular complexity index is 411. The molecule has 1 saturated heterocycles. The second kappa shape index (κ2) is 5.08. The molecule has 0 radical (unpaired) electrons. The van der Waals surface area contributed by atoms with E-state index < -0.39 is 11.7 Å². The van der Waals surface area contributed by atoms with Gasteiger partial charge in [-0.15, -0.1) is 0 Å². The Morgan fingerprint density at radius 1 is 1.22 bits per heavy atom. The van der Waals surface area contributed by atoms with Crippen LogP contribution >= 0.6 is 0 Å². The molecule has 1 aliphatic rings. The zero-order valence-corrected chi connectivity index (χ0v) is 10.3. The normalized spacial score (nSPS) is 16.1. The predicted molar refractivity (Wildman–Crippen MR) is 64.1 cm³/mol. The minimum Gasteiger partial charge on any atom is -0.492 e. The summed E-state index contributed by atoms with van der Waals surface area (Å²) in [6.07, 6.45) is -2.27. The zero-order valence-electron chi connectivity index (χ0n) is 10.3. The highest BCUT2D eigenvalue weighted by Crippen LogP contribution is 2.37.